The molecule has 2 heterocycles. The molecule has 12 heteroatoms. The van der Waals surface area contributed by atoms with Crippen LogP contribution in [0.2, 0.25) is 0 Å². The summed E-state index contributed by atoms with van der Waals surface area (Å²) in [5, 5.41) is 13.0. The summed E-state index contributed by atoms with van der Waals surface area (Å²) in [4.78, 5) is 28.6. The molecule has 30 heavy (non-hydrogen) atoms. The van der Waals surface area contributed by atoms with Crippen LogP contribution >= 0.6 is 23.1 Å². The van der Waals surface area contributed by atoms with E-state index in [1.54, 1.807) is 4.90 Å². The number of carbonyl (C=O) groups is 2. The van der Waals surface area contributed by atoms with E-state index >= 15 is 0 Å². The molecule has 2 aromatic rings. The van der Waals surface area contributed by atoms with Gasteiger partial charge < -0.3 is 15.3 Å². The number of halogens is 4. The molecule has 162 valence electrons. The Kier molecular flexibility index (Phi) is 6.86. The van der Waals surface area contributed by atoms with E-state index in [0.29, 0.717) is 35.5 Å². The van der Waals surface area contributed by atoms with E-state index < -0.39 is 23.5 Å². The van der Waals surface area contributed by atoms with Crippen molar-refractivity contribution < 1.29 is 32.3 Å². The fraction of sp³-hybridized carbons (Fsp3) is 0.389. The van der Waals surface area contributed by atoms with Crippen molar-refractivity contribution in [1.82, 2.24) is 9.88 Å². The Morgan fingerprint density at radius 2 is 2.17 bits per heavy atom. The number of rotatable bonds is 8. The number of thioether (sulfide) groups is 1. The van der Waals surface area contributed by atoms with Gasteiger partial charge in [-0.25, -0.2) is 14.2 Å². The molecule has 1 aromatic heterocycles. The number of likely N-dealkylation sites (tertiary alicyclic amines) is 1. The van der Waals surface area contributed by atoms with Gasteiger partial charge in [-0.2, -0.15) is 13.2 Å². The molecule has 0 saturated carbocycles. The fourth-order valence-electron chi connectivity index (χ4n) is 3.10. The number of amides is 1. The number of nitrogens with one attached hydrogen (secondary N) is 1. The molecule has 1 amide bonds. The highest BCUT2D eigenvalue weighted by Gasteiger charge is 2.35. The first-order valence-corrected chi connectivity index (χ1v) is 10.7. The summed E-state index contributed by atoms with van der Waals surface area (Å²) < 4.78 is 53.2. The van der Waals surface area contributed by atoms with Gasteiger partial charge in [-0.15, -0.1) is 11.3 Å². The molecular formula is C18H17F4N3O3S2. The number of thiazole rings is 1. The van der Waals surface area contributed by atoms with E-state index in [4.69, 9.17) is 5.11 Å². The van der Waals surface area contributed by atoms with E-state index in [-0.39, 0.29) is 29.9 Å². The molecule has 2 N–H and O–H groups in total. The Bertz CT molecular complexity index is 936. The molecule has 1 aromatic carbocycles. The largest absolute Gasteiger partial charge is 0.476 e. The average molecular weight is 463 g/mol. The first-order chi connectivity index (χ1) is 14.1. The highest BCUT2D eigenvalue weighted by Crippen LogP contribution is 2.35. The molecule has 1 atom stereocenters. The van der Waals surface area contributed by atoms with Gasteiger partial charge >= 0.3 is 12.1 Å². The van der Waals surface area contributed by atoms with E-state index in [0.717, 1.165) is 12.1 Å². The Hall–Kier alpha value is -2.34. The van der Waals surface area contributed by atoms with Crippen molar-refractivity contribution in [3.8, 4) is 0 Å². The van der Waals surface area contributed by atoms with Crippen molar-refractivity contribution >= 4 is 40.7 Å². The Labute approximate surface area is 177 Å². The van der Waals surface area contributed by atoms with Gasteiger partial charge in [0.2, 0.25) is 5.91 Å². The maximum Gasteiger partial charge on any atom is 0.418 e. The molecule has 3 rings (SSSR count). The Balaban J connectivity index is 1.58. The minimum Gasteiger partial charge on any atom is -0.476 e. The van der Waals surface area contributed by atoms with E-state index in [2.05, 4.69) is 10.3 Å². The highest BCUT2D eigenvalue weighted by atomic mass is 32.2. The lowest BCUT2D eigenvalue weighted by Crippen LogP contribution is -2.39. The lowest BCUT2D eigenvalue weighted by atomic mass is 10.1. The number of alkyl halides is 3. The van der Waals surface area contributed by atoms with Gasteiger partial charge in [0, 0.05) is 42.4 Å². The van der Waals surface area contributed by atoms with Crippen molar-refractivity contribution in [3.05, 3.63) is 40.7 Å². The summed E-state index contributed by atoms with van der Waals surface area (Å²) in [6.45, 7) is 0.457. The van der Waals surface area contributed by atoms with Gasteiger partial charge in [0.25, 0.3) is 0 Å². The molecule has 0 bridgehead atoms. The van der Waals surface area contributed by atoms with Crippen LogP contribution < -0.4 is 5.32 Å². The zero-order chi connectivity index (χ0) is 21.9. The van der Waals surface area contributed by atoms with Crippen LogP contribution in [0.3, 0.4) is 0 Å². The molecular weight excluding hydrogens is 446 g/mol. The first-order valence-electron chi connectivity index (χ1n) is 8.87. The van der Waals surface area contributed by atoms with Crippen molar-refractivity contribution in [2.24, 2.45) is 0 Å². The number of carbonyl (C=O) groups excluding carboxylic acids is 1. The van der Waals surface area contributed by atoms with E-state index in [1.807, 2.05) is 0 Å². The number of nitrogens with zero attached hydrogens (tertiary/aromatic N) is 2. The third-order valence-corrected chi connectivity index (χ3v) is 6.53. The minimum atomic E-state index is -4.70. The summed E-state index contributed by atoms with van der Waals surface area (Å²) in [6, 6.07) is 2.13. The molecule has 1 saturated heterocycles. The predicted octanol–water partition coefficient (Wildman–Crippen LogP) is 4.19. The van der Waals surface area contributed by atoms with Crippen molar-refractivity contribution in [1.29, 1.82) is 0 Å². The standard InChI is InChI=1S/C18H17F4N3O3S2/c19-10-1-3-13(12(7-10)18(20,21)22)23-8-11-2-4-15(26)25(11)5-6-29-17-24-14(9-30-17)16(27)28/h1,3,7,9,11,23H,2,4-6,8H2,(H,27,28)/t11-/m1/s1. The first kappa shape index (κ1) is 22.3. The highest BCUT2D eigenvalue weighted by molar-refractivity contribution is 8.01. The molecule has 1 aliphatic heterocycles. The number of carboxylic acids is 1. The van der Waals surface area contributed by atoms with Gasteiger partial charge in [0.1, 0.15) is 5.82 Å². The van der Waals surface area contributed by atoms with Gasteiger partial charge in [-0.3, -0.25) is 4.79 Å². The van der Waals surface area contributed by atoms with Crippen LogP contribution in [0.1, 0.15) is 28.9 Å². The summed E-state index contributed by atoms with van der Waals surface area (Å²) in [6.07, 6.45) is -3.90. The topological polar surface area (TPSA) is 82.5 Å². The van der Waals surface area contributed by atoms with Crippen LogP contribution in [0.15, 0.2) is 27.9 Å². The molecule has 0 radical (unpaired) electrons. The summed E-state index contributed by atoms with van der Waals surface area (Å²) in [7, 11) is 0. The maximum absolute atomic E-state index is 13.2. The van der Waals surface area contributed by atoms with Crippen molar-refractivity contribution in [3.63, 3.8) is 0 Å². The van der Waals surface area contributed by atoms with Crippen molar-refractivity contribution in [2.75, 3.05) is 24.2 Å². The second-order valence-electron chi connectivity index (χ2n) is 6.50. The lowest BCUT2D eigenvalue weighted by molar-refractivity contribution is -0.137. The molecule has 1 fully saturated rings. The maximum atomic E-state index is 13.2. The van der Waals surface area contributed by atoms with Crippen LogP contribution in [0.5, 0.6) is 0 Å². The number of hydrogen-bond donors (Lipinski definition) is 2. The second kappa shape index (κ2) is 9.21. The lowest BCUT2D eigenvalue weighted by Gasteiger charge is -2.26. The normalized spacial score (nSPS) is 16.9. The van der Waals surface area contributed by atoms with Crippen molar-refractivity contribution in [2.45, 2.75) is 29.4 Å². The Morgan fingerprint density at radius 3 is 2.83 bits per heavy atom. The SMILES string of the molecule is O=C(O)c1csc(SCCN2C(=O)CC[C@@H]2CNc2ccc(F)cc2C(F)(F)F)n1. The number of benzene rings is 1. The monoisotopic (exact) mass is 463 g/mol. The summed E-state index contributed by atoms with van der Waals surface area (Å²) in [5.74, 6) is -1.71. The summed E-state index contributed by atoms with van der Waals surface area (Å²) in [5.41, 5.74) is -1.37. The number of carboxylic acid groups (broad SMARTS) is 1. The Morgan fingerprint density at radius 1 is 1.40 bits per heavy atom. The second-order valence-corrected chi connectivity index (χ2v) is 8.70. The molecule has 0 unspecified atom stereocenters. The van der Waals surface area contributed by atoms with E-state index in [9.17, 15) is 27.2 Å². The molecule has 0 aliphatic carbocycles. The number of hydrogen-bond acceptors (Lipinski definition) is 6. The number of aromatic nitrogens is 1. The van der Waals surface area contributed by atoms with Gasteiger partial charge in [-0.1, -0.05) is 11.8 Å². The predicted molar refractivity (Wildman–Crippen MR) is 104 cm³/mol. The molecule has 1 aliphatic rings. The third-order valence-electron chi connectivity index (χ3n) is 4.53. The van der Waals surface area contributed by atoms with Gasteiger partial charge in [0.15, 0.2) is 10.0 Å². The van der Waals surface area contributed by atoms with Crippen LogP contribution in [0.4, 0.5) is 23.2 Å². The molecule has 6 nitrogen and oxygen atoms in total. The van der Waals surface area contributed by atoms with E-state index in [1.165, 1.54) is 28.5 Å². The van der Waals surface area contributed by atoms with Gasteiger partial charge in [-0.05, 0) is 24.6 Å². The smallest absolute Gasteiger partial charge is 0.418 e. The van der Waals surface area contributed by atoms with Crippen LogP contribution in [-0.2, 0) is 11.0 Å². The van der Waals surface area contributed by atoms with Crippen LogP contribution in [0, 0.1) is 5.82 Å². The van der Waals surface area contributed by atoms with Gasteiger partial charge in [0.05, 0.1) is 5.56 Å². The zero-order valence-electron chi connectivity index (χ0n) is 15.4. The average Bonchev–Trinajstić information content (AvgIpc) is 3.28. The number of aromatic carboxylic acids is 1. The summed E-state index contributed by atoms with van der Waals surface area (Å²) >= 11 is 2.50. The third kappa shape index (κ3) is 5.42. The number of anilines is 1. The van der Waals surface area contributed by atoms with Crippen LogP contribution in [0.25, 0.3) is 0 Å². The quantitative estimate of drug-likeness (QED) is 0.451. The zero-order valence-corrected chi connectivity index (χ0v) is 17.0. The molecule has 0 spiro atoms. The van der Waals surface area contributed by atoms with Crippen LogP contribution in [-0.4, -0.2) is 51.8 Å². The fourth-order valence-corrected chi connectivity index (χ4v) is 4.91. The minimum absolute atomic E-state index is 0.0402.